The Hall–Kier alpha value is -2.23. The molecule has 0 aromatic heterocycles. The zero-order valence-electron chi connectivity index (χ0n) is 14.5. The fraction of sp³-hybridized carbons (Fsp3) is 0.278. The molecular weight excluding hydrogens is 452 g/mol. The van der Waals surface area contributed by atoms with Gasteiger partial charge in [0.2, 0.25) is 6.79 Å². The monoisotopic (exact) mass is 473 g/mol. The van der Waals surface area contributed by atoms with E-state index in [0.29, 0.717) is 24.6 Å². The van der Waals surface area contributed by atoms with E-state index in [-0.39, 0.29) is 36.5 Å². The maximum absolute atomic E-state index is 13.4. The molecular formula is C18H21FIN3O3. The van der Waals surface area contributed by atoms with Gasteiger partial charge in [-0.3, -0.25) is 4.99 Å². The highest BCUT2D eigenvalue weighted by atomic mass is 127. The first-order chi connectivity index (χ1) is 12.1. The van der Waals surface area contributed by atoms with Crippen molar-refractivity contribution in [2.45, 2.75) is 13.1 Å². The van der Waals surface area contributed by atoms with Crippen molar-refractivity contribution >= 4 is 29.9 Å². The van der Waals surface area contributed by atoms with Crippen molar-refractivity contribution in [3.05, 3.63) is 53.3 Å². The molecule has 3 rings (SSSR count). The van der Waals surface area contributed by atoms with Crippen LogP contribution in [0.1, 0.15) is 11.1 Å². The molecule has 2 aromatic carbocycles. The second kappa shape index (κ2) is 8.93. The van der Waals surface area contributed by atoms with Gasteiger partial charge in [0.15, 0.2) is 29.0 Å². The molecule has 0 bridgehead atoms. The summed E-state index contributed by atoms with van der Waals surface area (Å²) in [4.78, 5) is 6.20. The van der Waals surface area contributed by atoms with Crippen LogP contribution in [0, 0.1) is 5.82 Å². The number of aromatic hydroxyl groups is 1. The molecule has 26 heavy (non-hydrogen) atoms. The fourth-order valence-electron chi connectivity index (χ4n) is 2.61. The first-order valence-electron chi connectivity index (χ1n) is 7.84. The van der Waals surface area contributed by atoms with Crippen LogP contribution < -0.4 is 14.8 Å². The van der Waals surface area contributed by atoms with E-state index in [0.717, 1.165) is 17.1 Å². The van der Waals surface area contributed by atoms with E-state index in [1.807, 2.05) is 30.1 Å². The van der Waals surface area contributed by atoms with Crippen LogP contribution in [0.25, 0.3) is 0 Å². The number of guanidine groups is 1. The highest BCUT2D eigenvalue weighted by Gasteiger charge is 2.14. The van der Waals surface area contributed by atoms with Crippen LogP contribution in [0.3, 0.4) is 0 Å². The minimum atomic E-state index is -0.636. The number of benzene rings is 2. The Morgan fingerprint density at radius 1 is 1.19 bits per heavy atom. The van der Waals surface area contributed by atoms with Gasteiger partial charge in [0.05, 0.1) is 0 Å². The number of halogens is 2. The van der Waals surface area contributed by atoms with Crippen LogP contribution in [0.15, 0.2) is 41.4 Å². The average molecular weight is 473 g/mol. The number of hydrogen-bond donors (Lipinski definition) is 2. The zero-order chi connectivity index (χ0) is 17.8. The Bertz CT molecular complexity index is 801. The quantitative estimate of drug-likeness (QED) is 0.406. The Morgan fingerprint density at radius 3 is 2.65 bits per heavy atom. The van der Waals surface area contributed by atoms with Gasteiger partial charge in [-0.25, -0.2) is 4.39 Å². The van der Waals surface area contributed by atoms with Crippen molar-refractivity contribution in [2.75, 3.05) is 20.9 Å². The Morgan fingerprint density at radius 2 is 1.92 bits per heavy atom. The van der Waals surface area contributed by atoms with Gasteiger partial charge >= 0.3 is 0 Å². The predicted molar refractivity (Wildman–Crippen MR) is 108 cm³/mol. The molecule has 6 nitrogen and oxygen atoms in total. The van der Waals surface area contributed by atoms with Crippen molar-refractivity contribution < 1.29 is 19.0 Å². The number of nitrogens with zero attached hydrogens (tertiary/aromatic N) is 2. The summed E-state index contributed by atoms with van der Waals surface area (Å²) >= 11 is 0. The predicted octanol–water partition coefficient (Wildman–Crippen LogP) is 3.09. The van der Waals surface area contributed by atoms with Crippen LogP contribution in [0.2, 0.25) is 0 Å². The van der Waals surface area contributed by atoms with Gasteiger partial charge in [-0.15, -0.1) is 24.0 Å². The first-order valence-corrected chi connectivity index (χ1v) is 7.84. The molecule has 0 unspecified atom stereocenters. The van der Waals surface area contributed by atoms with Gasteiger partial charge in [0.25, 0.3) is 0 Å². The molecule has 0 spiro atoms. The van der Waals surface area contributed by atoms with Gasteiger partial charge in [-0.1, -0.05) is 12.1 Å². The van der Waals surface area contributed by atoms with E-state index in [4.69, 9.17) is 9.47 Å². The van der Waals surface area contributed by atoms with Crippen LogP contribution >= 0.6 is 24.0 Å². The molecule has 2 N–H and O–H groups in total. The summed E-state index contributed by atoms with van der Waals surface area (Å²) in [5.41, 5.74) is 1.78. The molecule has 0 radical (unpaired) electrons. The standard InChI is InChI=1S/C18H20FN3O3.HI/c1-20-18(21-9-12-3-5-15(23)14(19)7-12)22(2)10-13-4-6-16-17(8-13)25-11-24-16;/h3-8,23H,9-11H2,1-2H3,(H,20,21);1H. The lowest BCUT2D eigenvalue weighted by atomic mass is 10.2. The third kappa shape index (κ3) is 4.69. The second-order valence-electron chi connectivity index (χ2n) is 5.73. The number of fused-ring (bicyclic) bond motifs is 1. The number of phenols is 1. The summed E-state index contributed by atoms with van der Waals surface area (Å²) < 4.78 is 24.1. The van der Waals surface area contributed by atoms with Crippen LogP contribution in [-0.2, 0) is 13.1 Å². The van der Waals surface area contributed by atoms with Crippen LogP contribution in [0.4, 0.5) is 4.39 Å². The number of nitrogens with one attached hydrogen (secondary N) is 1. The van der Waals surface area contributed by atoms with E-state index in [9.17, 15) is 9.50 Å². The number of hydrogen-bond acceptors (Lipinski definition) is 4. The average Bonchev–Trinajstić information content (AvgIpc) is 3.06. The molecule has 1 aliphatic heterocycles. The van der Waals surface area contributed by atoms with Crippen LogP contribution in [0.5, 0.6) is 17.2 Å². The summed E-state index contributed by atoms with van der Waals surface area (Å²) in [6.07, 6.45) is 0. The molecule has 2 aromatic rings. The third-order valence-corrected chi connectivity index (χ3v) is 3.89. The molecule has 140 valence electrons. The maximum atomic E-state index is 13.4. The van der Waals surface area contributed by atoms with Crippen molar-refractivity contribution in [3.8, 4) is 17.2 Å². The maximum Gasteiger partial charge on any atom is 0.231 e. The SMILES string of the molecule is CN=C(NCc1ccc(O)c(F)c1)N(C)Cc1ccc2c(c1)OCO2.I. The number of aliphatic imine (C=N–C) groups is 1. The summed E-state index contributed by atoms with van der Waals surface area (Å²) in [6, 6.07) is 10.1. The molecule has 8 heteroatoms. The summed E-state index contributed by atoms with van der Waals surface area (Å²) in [5, 5.41) is 12.4. The zero-order valence-corrected chi connectivity index (χ0v) is 16.9. The van der Waals surface area contributed by atoms with Gasteiger partial charge in [-0.2, -0.15) is 0 Å². The summed E-state index contributed by atoms with van der Waals surface area (Å²) in [6.45, 7) is 1.27. The van der Waals surface area contributed by atoms with Crippen molar-refractivity contribution in [3.63, 3.8) is 0 Å². The van der Waals surface area contributed by atoms with Gasteiger partial charge in [0, 0.05) is 27.2 Å². The van der Waals surface area contributed by atoms with E-state index >= 15 is 0 Å². The normalized spacial score (nSPS) is 12.5. The van der Waals surface area contributed by atoms with E-state index in [2.05, 4.69) is 10.3 Å². The van der Waals surface area contributed by atoms with E-state index < -0.39 is 5.82 Å². The third-order valence-electron chi connectivity index (χ3n) is 3.89. The first kappa shape index (κ1) is 20.1. The van der Waals surface area contributed by atoms with Gasteiger partial charge in [-0.05, 0) is 35.4 Å². The fourth-order valence-corrected chi connectivity index (χ4v) is 2.61. The van der Waals surface area contributed by atoms with Crippen molar-refractivity contribution in [1.82, 2.24) is 10.2 Å². The van der Waals surface area contributed by atoms with Gasteiger partial charge < -0.3 is 24.8 Å². The summed E-state index contributed by atoms with van der Waals surface area (Å²) in [7, 11) is 3.60. The molecule has 0 amide bonds. The van der Waals surface area contributed by atoms with Crippen LogP contribution in [-0.4, -0.2) is 36.9 Å². The van der Waals surface area contributed by atoms with E-state index in [1.54, 1.807) is 13.1 Å². The second-order valence-corrected chi connectivity index (χ2v) is 5.73. The molecule has 0 fully saturated rings. The lowest BCUT2D eigenvalue weighted by molar-refractivity contribution is 0.174. The lowest BCUT2D eigenvalue weighted by Crippen LogP contribution is -2.38. The smallest absolute Gasteiger partial charge is 0.231 e. The number of phenolic OH excluding ortho intramolecular Hbond substituents is 1. The molecule has 0 saturated carbocycles. The molecule has 0 aliphatic carbocycles. The molecule has 1 aliphatic rings. The molecule has 0 atom stereocenters. The molecule has 0 saturated heterocycles. The van der Waals surface area contributed by atoms with Gasteiger partial charge in [0.1, 0.15) is 0 Å². The highest BCUT2D eigenvalue weighted by molar-refractivity contribution is 14.0. The number of rotatable bonds is 4. The Balaban J connectivity index is 0.00000243. The Labute approximate surface area is 168 Å². The van der Waals surface area contributed by atoms with Crippen molar-refractivity contribution in [1.29, 1.82) is 0 Å². The Kier molecular flexibility index (Phi) is 6.90. The largest absolute Gasteiger partial charge is 0.505 e. The summed E-state index contributed by atoms with van der Waals surface area (Å²) in [5.74, 6) is 1.18. The number of ether oxygens (including phenoxy) is 2. The minimum absolute atomic E-state index is 0. The highest BCUT2D eigenvalue weighted by Crippen LogP contribution is 2.32. The topological polar surface area (TPSA) is 66.3 Å². The molecule has 1 heterocycles. The van der Waals surface area contributed by atoms with Crippen molar-refractivity contribution in [2.24, 2.45) is 4.99 Å². The minimum Gasteiger partial charge on any atom is -0.505 e. The van der Waals surface area contributed by atoms with E-state index in [1.165, 1.54) is 12.1 Å². The lowest BCUT2D eigenvalue weighted by Gasteiger charge is -2.22.